The van der Waals surface area contributed by atoms with Gasteiger partial charge in [0.05, 0.1) is 0 Å². The van der Waals surface area contributed by atoms with Crippen LogP contribution in [0.25, 0.3) is 16.8 Å². The fourth-order valence-electron chi connectivity index (χ4n) is 2.31. The molecule has 0 aliphatic heterocycles. The van der Waals surface area contributed by atoms with Crippen molar-refractivity contribution in [3.05, 3.63) is 83.4 Å². The van der Waals surface area contributed by atoms with Gasteiger partial charge in [0.1, 0.15) is 0 Å². The zero-order valence-electron chi connectivity index (χ0n) is 11.8. The molecule has 0 atom stereocenters. The lowest BCUT2D eigenvalue weighted by Crippen LogP contribution is -2.07. The Morgan fingerprint density at radius 1 is 0.955 bits per heavy atom. The van der Waals surface area contributed by atoms with Gasteiger partial charge in [0.2, 0.25) is 5.91 Å². The third-order valence-corrected chi connectivity index (χ3v) is 3.56. The molecule has 0 radical (unpaired) electrons. The Morgan fingerprint density at radius 2 is 1.73 bits per heavy atom. The first-order valence-electron chi connectivity index (χ1n) is 6.95. The average Bonchev–Trinajstić information content (AvgIpc) is 2.53. The molecule has 22 heavy (non-hydrogen) atoms. The maximum atomic E-state index is 12.0. The molecule has 0 saturated carbocycles. The van der Waals surface area contributed by atoms with Gasteiger partial charge in [-0.25, -0.2) is 0 Å². The summed E-state index contributed by atoms with van der Waals surface area (Å²) in [6.07, 6.45) is 3.35. The molecule has 3 aromatic rings. The van der Waals surface area contributed by atoms with Crippen molar-refractivity contribution in [1.29, 1.82) is 0 Å². The molecule has 0 bridgehead atoms. The summed E-state index contributed by atoms with van der Waals surface area (Å²) in [5.74, 6) is -0.185. The molecule has 0 fully saturated rings. The molecule has 2 nitrogen and oxygen atoms in total. The molecule has 0 aliphatic carbocycles. The molecule has 3 heteroatoms. The fraction of sp³-hybridized carbons (Fsp3) is 0. The summed E-state index contributed by atoms with van der Waals surface area (Å²) in [7, 11) is 0. The minimum Gasteiger partial charge on any atom is -0.322 e. The van der Waals surface area contributed by atoms with E-state index in [4.69, 9.17) is 11.6 Å². The van der Waals surface area contributed by atoms with Gasteiger partial charge in [-0.2, -0.15) is 0 Å². The highest BCUT2D eigenvalue weighted by molar-refractivity contribution is 6.30. The first kappa shape index (κ1) is 14.4. The smallest absolute Gasteiger partial charge is 0.248 e. The molecule has 1 amide bonds. The van der Waals surface area contributed by atoms with Crippen LogP contribution < -0.4 is 5.32 Å². The van der Waals surface area contributed by atoms with Gasteiger partial charge in [-0.05, 0) is 40.6 Å². The summed E-state index contributed by atoms with van der Waals surface area (Å²) >= 11 is 5.90. The van der Waals surface area contributed by atoms with E-state index in [1.807, 2.05) is 36.4 Å². The van der Waals surface area contributed by atoms with Gasteiger partial charge in [-0.3, -0.25) is 4.79 Å². The standard InChI is InChI=1S/C19H14ClNO/c20-16-8-4-9-17(13-16)21-19(22)12-11-15-7-3-6-14-5-1-2-10-18(14)15/h1-13H,(H,21,22). The van der Waals surface area contributed by atoms with E-state index in [-0.39, 0.29) is 5.91 Å². The van der Waals surface area contributed by atoms with Gasteiger partial charge < -0.3 is 5.32 Å². The van der Waals surface area contributed by atoms with Crippen LogP contribution in [0.2, 0.25) is 5.02 Å². The van der Waals surface area contributed by atoms with Crippen LogP contribution in [0.5, 0.6) is 0 Å². The third-order valence-electron chi connectivity index (χ3n) is 3.33. The van der Waals surface area contributed by atoms with Crippen LogP contribution in [0.4, 0.5) is 5.69 Å². The van der Waals surface area contributed by atoms with Gasteiger partial charge in [0, 0.05) is 16.8 Å². The predicted molar refractivity (Wildman–Crippen MR) is 93.1 cm³/mol. The van der Waals surface area contributed by atoms with Crippen LogP contribution >= 0.6 is 11.6 Å². The molecule has 0 saturated heterocycles. The quantitative estimate of drug-likeness (QED) is 0.666. The topological polar surface area (TPSA) is 29.1 Å². The summed E-state index contributed by atoms with van der Waals surface area (Å²) in [5, 5.41) is 5.66. The molecular formula is C19H14ClNO. The normalized spacial score (nSPS) is 11.0. The second-order valence-corrected chi connectivity index (χ2v) is 5.34. The van der Waals surface area contributed by atoms with E-state index in [0.717, 1.165) is 16.3 Å². The van der Waals surface area contributed by atoms with Gasteiger partial charge in [-0.1, -0.05) is 60.1 Å². The largest absolute Gasteiger partial charge is 0.322 e. The number of carbonyl (C=O) groups is 1. The highest BCUT2D eigenvalue weighted by Gasteiger charge is 2.00. The van der Waals surface area contributed by atoms with E-state index in [2.05, 4.69) is 17.4 Å². The first-order valence-corrected chi connectivity index (χ1v) is 7.32. The SMILES string of the molecule is O=C(C=Cc1cccc2ccccc12)Nc1cccc(Cl)c1. The first-order chi connectivity index (χ1) is 10.7. The lowest BCUT2D eigenvalue weighted by atomic mass is 10.0. The number of amides is 1. The molecule has 1 N–H and O–H groups in total. The van der Waals surface area contributed by atoms with Crippen molar-refractivity contribution in [2.24, 2.45) is 0 Å². The number of halogens is 1. The van der Waals surface area contributed by atoms with E-state index in [1.165, 1.54) is 6.08 Å². The Labute approximate surface area is 134 Å². The Kier molecular flexibility index (Phi) is 4.22. The summed E-state index contributed by atoms with van der Waals surface area (Å²) in [6, 6.07) is 21.2. The van der Waals surface area contributed by atoms with Crippen molar-refractivity contribution >= 4 is 40.0 Å². The molecule has 108 valence electrons. The monoisotopic (exact) mass is 307 g/mol. The summed E-state index contributed by atoms with van der Waals surface area (Å²) < 4.78 is 0. The van der Waals surface area contributed by atoms with E-state index in [9.17, 15) is 4.79 Å². The molecule has 3 rings (SSSR count). The molecule has 0 aromatic heterocycles. The number of anilines is 1. The Morgan fingerprint density at radius 3 is 2.59 bits per heavy atom. The Bertz CT molecular complexity index is 849. The molecule has 0 aliphatic rings. The average molecular weight is 308 g/mol. The maximum Gasteiger partial charge on any atom is 0.248 e. The second kappa shape index (κ2) is 6.46. The van der Waals surface area contributed by atoms with Gasteiger partial charge in [0.15, 0.2) is 0 Å². The van der Waals surface area contributed by atoms with E-state index in [1.54, 1.807) is 24.3 Å². The zero-order valence-corrected chi connectivity index (χ0v) is 12.5. The molecule has 3 aromatic carbocycles. The van der Waals surface area contributed by atoms with Crippen LogP contribution in [-0.4, -0.2) is 5.91 Å². The maximum absolute atomic E-state index is 12.0. The number of rotatable bonds is 3. The molecular weight excluding hydrogens is 294 g/mol. The number of fused-ring (bicyclic) bond motifs is 1. The number of carbonyl (C=O) groups excluding carboxylic acids is 1. The molecule has 0 unspecified atom stereocenters. The zero-order chi connectivity index (χ0) is 15.4. The lowest BCUT2D eigenvalue weighted by molar-refractivity contribution is -0.111. The number of nitrogens with one attached hydrogen (secondary N) is 1. The van der Waals surface area contributed by atoms with Crippen LogP contribution in [0, 0.1) is 0 Å². The van der Waals surface area contributed by atoms with Crippen LogP contribution in [0.3, 0.4) is 0 Å². The highest BCUT2D eigenvalue weighted by atomic mass is 35.5. The number of hydrogen-bond donors (Lipinski definition) is 1. The third kappa shape index (κ3) is 3.35. The Hall–Kier alpha value is -2.58. The van der Waals surface area contributed by atoms with Gasteiger partial charge >= 0.3 is 0 Å². The van der Waals surface area contributed by atoms with E-state index in [0.29, 0.717) is 10.7 Å². The van der Waals surface area contributed by atoms with Crippen LogP contribution in [0.15, 0.2) is 72.8 Å². The Balaban J connectivity index is 1.79. The van der Waals surface area contributed by atoms with Crippen molar-refractivity contribution < 1.29 is 4.79 Å². The number of benzene rings is 3. The summed E-state index contributed by atoms with van der Waals surface area (Å²) in [5.41, 5.74) is 1.69. The predicted octanol–water partition coefficient (Wildman–Crippen LogP) is 5.15. The summed E-state index contributed by atoms with van der Waals surface area (Å²) in [4.78, 5) is 12.0. The van der Waals surface area contributed by atoms with Crippen molar-refractivity contribution in [3.8, 4) is 0 Å². The van der Waals surface area contributed by atoms with Gasteiger partial charge in [0.25, 0.3) is 0 Å². The number of hydrogen-bond acceptors (Lipinski definition) is 1. The lowest BCUT2D eigenvalue weighted by Gasteiger charge is -2.03. The van der Waals surface area contributed by atoms with Crippen molar-refractivity contribution in [1.82, 2.24) is 0 Å². The van der Waals surface area contributed by atoms with Gasteiger partial charge in [-0.15, -0.1) is 0 Å². The molecule has 0 spiro atoms. The van der Waals surface area contributed by atoms with E-state index >= 15 is 0 Å². The van der Waals surface area contributed by atoms with Crippen molar-refractivity contribution in [2.45, 2.75) is 0 Å². The van der Waals surface area contributed by atoms with Crippen LogP contribution in [-0.2, 0) is 4.79 Å². The molecule has 0 heterocycles. The second-order valence-electron chi connectivity index (χ2n) is 4.90. The summed E-state index contributed by atoms with van der Waals surface area (Å²) in [6.45, 7) is 0. The van der Waals surface area contributed by atoms with Crippen molar-refractivity contribution in [2.75, 3.05) is 5.32 Å². The van der Waals surface area contributed by atoms with Crippen LogP contribution in [0.1, 0.15) is 5.56 Å². The van der Waals surface area contributed by atoms with E-state index < -0.39 is 0 Å². The highest BCUT2D eigenvalue weighted by Crippen LogP contribution is 2.20. The van der Waals surface area contributed by atoms with Crippen molar-refractivity contribution in [3.63, 3.8) is 0 Å². The minimum absolute atomic E-state index is 0.185. The minimum atomic E-state index is -0.185. The fourth-order valence-corrected chi connectivity index (χ4v) is 2.50.